The highest BCUT2D eigenvalue weighted by Gasteiger charge is 2.30. The second-order valence-corrected chi connectivity index (χ2v) is 6.26. The van der Waals surface area contributed by atoms with Crippen LogP contribution in [0.15, 0.2) is 67.0 Å². The lowest BCUT2D eigenvalue weighted by molar-refractivity contribution is -0.137. The van der Waals surface area contributed by atoms with Crippen LogP contribution in [0, 0.1) is 0 Å². The summed E-state index contributed by atoms with van der Waals surface area (Å²) >= 11 is 0. The number of benzene rings is 2. The molecule has 3 rings (SSSR count). The number of rotatable bonds is 6. The summed E-state index contributed by atoms with van der Waals surface area (Å²) in [6.07, 6.45) is 0.803. The molecule has 1 unspecified atom stereocenters. The van der Waals surface area contributed by atoms with E-state index >= 15 is 0 Å². The molecule has 0 fully saturated rings. The third-order valence-corrected chi connectivity index (χ3v) is 4.26. The van der Waals surface area contributed by atoms with Crippen molar-refractivity contribution in [1.29, 1.82) is 0 Å². The quantitative estimate of drug-likeness (QED) is 0.567. The van der Waals surface area contributed by atoms with Crippen LogP contribution in [0.25, 0.3) is 11.3 Å². The van der Waals surface area contributed by atoms with Crippen molar-refractivity contribution < 1.29 is 13.2 Å². The highest BCUT2D eigenvalue weighted by molar-refractivity contribution is 5.59. The molecule has 1 heterocycles. The molecule has 0 saturated heterocycles. The van der Waals surface area contributed by atoms with Crippen LogP contribution in [0.3, 0.4) is 0 Å². The normalized spacial score (nSPS) is 12.6. The van der Waals surface area contributed by atoms with Gasteiger partial charge < -0.3 is 5.32 Å². The molecule has 27 heavy (non-hydrogen) atoms. The molecule has 140 valence electrons. The van der Waals surface area contributed by atoms with E-state index in [1.54, 1.807) is 12.4 Å². The van der Waals surface area contributed by atoms with E-state index in [2.05, 4.69) is 34.3 Å². The molecule has 0 bridgehead atoms. The van der Waals surface area contributed by atoms with Gasteiger partial charge in [-0.3, -0.25) is 4.98 Å². The first kappa shape index (κ1) is 18.9. The van der Waals surface area contributed by atoms with E-state index in [4.69, 9.17) is 0 Å². The summed E-state index contributed by atoms with van der Waals surface area (Å²) in [4.78, 5) is 8.72. The molecule has 3 nitrogen and oxygen atoms in total. The van der Waals surface area contributed by atoms with E-state index in [-0.39, 0.29) is 6.04 Å². The Kier molecular flexibility index (Phi) is 5.74. The Morgan fingerprint density at radius 1 is 0.926 bits per heavy atom. The van der Waals surface area contributed by atoms with E-state index in [1.165, 1.54) is 17.7 Å². The van der Waals surface area contributed by atoms with E-state index in [9.17, 15) is 13.2 Å². The maximum atomic E-state index is 12.7. The Morgan fingerprint density at radius 2 is 1.63 bits per heavy atom. The molecule has 3 aromatic rings. The van der Waals surface area contributed by atoms with Crippen LogP contribution >= 0.6 is 0 Å². The SMILES string of the molecule is CCCC(Nc1cnc(-c2ccc(C(F)(F)F)cc2)cn1)c1ccccc1. The largest absolute Gasteiger partial charge is 0.416 e. The predicted molar refractivity (Wildman–Crippen MR) is 100 cm³/mol. The van der Waals surface area contributed by atoms with Gasteiger partial charge in [-0.25, -0.2) is 4.98 Å². The molecular formula is C21H20F3N3. The standard InChI is InChI=1S/C21H20F3N3/c1-2-6-18(15-7-4-3-5-8-15)27-20-14-25-19(13-26-20)16-9-11-17(12-10-16)21(22,23)24/h3-5,7-14,18H,2,6H2,1H3,(H,26,27). The number of nitrogens with one attached hydrogen (secondary N) is 1. The van der Waals surface area contributed by atoms with Gasteiger partial charge >= 0.3 is 6.18 Å². The van der Waals surface area contributed by atoms with E-state index in [0.29, 0.717) is 17.1 Å². The molecule has 0 aliphatic rings. The summed E-state index contributed by atoms with van der Waals surface area (Å²) in [5.41, 5.74) is 1.62. The van der Waals surface area contributed by atoms with Gasteiger partial charge in [0.25, 0.3) is 0 Å². The minimum absolute atomic E-state index is 0.127. The Balaban J connectivity index is 1.74. The molecule has 0 spiro atoms. The van der Waals surface area contributed by atoms with Gasteiger partial charge in [0, 0.05) is 5.56 Å². The molecule has 0 radical (unpaired) electrons. The van der Waals surface area contributed by atoms with Gasteiger partial charge in [-0.1, -0.05) is 55.8 Å². The summed E-state index contributed by atoms with van der Waals surface area (Å²) in [6.45, 7) is 2.12. The summed E-state index contributed by atoms with van der Waals surface area (Å²) in [7, 11) is 0. The maximum Gasteiger partial charge on any atom is 0.416 e. The number of anilines is 1. The Hall–Kier alpha value is -2.89. The predicted octanol–water partition coefficient (Wildman–Crippen LogP) is 6.12. The zero-order valence-electron chi connectivity index (χ0n) is 14.9. The first-order chi connectivity index (χ1) is 13.0. The van der Waals surface area contributed by atoms with Gasteiger partial charge in [0.15, 0.2) is 0 Å². The number of hydrogen-bond donors (Lipinski definition) is 1. The summed E-state index contributed by atoms with van der Waals surface area (Å²) in [6, 6.07) is 15.2. The molecule has 2 aromatic carbocycles. The highest BCUT2D eigenvalue weighted by Crippen LogP contribution is 2.30. The molecule has 0 amide bonds. The lowest BCUT2D eigenvalue weighted by atomic mass is 10.0. The fraction of sp³-hybridized carbons (Fsp3) is 0.238. The van der Waals surface area contributed by atoms with Crippen LogP contribution in [-0.4, -0.2) is 9.97 Å². The minimum atomic E-state index is -4.34. The fourth-order valence-corrected chi connectivity index (χ4v) is 2.86. The Morgan fingerprint density at radius 3 is 2.19 bits per heavy atom. The van der Waals surface area contributed by atoms with Crippen molar-refractivity contribution in [3.8, 4) is 11.3 Å². The second-order valence-electron chi connectivity index (χ2n) is 6.26. The topological polar surface area (TPSA) is 37.8 Å². The van der Waals surface area contributed by atoms with E-state index in [1.807, 2.05) is 18.2 Å². The van der Waals surface area contributed by atoms with Crippen LogP contribution in [0.4, 0.5) is 19.0 Å². The van der Waals surface area contributed by atoms with Crippen LogP contribution in [0.5, 0.6) is 0 Å². The summed E-state index contributed by atoms with van der Waals surface area (Å²) in [5.74, 6) is 0.632. The van der Waals surface area contributed by atoms with Crippen molar-refractivity contribution >= 4 is 5.82 Å². The van der Waals surface area contributed by atoms with Gasteiger partial charge in [0.05, 0.1) is 29.7 Å². The van der Waals surface area contributed by atoms with Gasteiger partial charge in [-0.15, -0.1) is 0 Å². The molecule has 1 atom stereocenters. The molecular weight excluding hydrogens is 351 g/mol. The number of aromatic nitrogens is 2. The third-order valence-electron chi connectivity index (χ3n) is 4.26. The fourth-order valence-electron chi connectivity index (χ4n) is 2.86. The van der Waals surface area contributed by atoms with Gasteiger partial charge in [-0.2, -0.15) is 13.2 Å². The average molecular weight is 371 g/mol. The highest BCUT2D eigenvalue weighted by atomic mass is 19.4. The van der Waals surface area contributed by atoms with E-state index in [0.717, 1.165) is 25.0 Å². The minimum Gasteiger partial charge on any atom is -0.362 e. The smallest absolute Gasteiger partial charge is 0.362 e. The molecule has 1 N–H and O–H groups in total. The molecule has 0 aliphatic carbocycles. The molecule has 1 aromatic heterocycles. The van der Waals surface area contributed by atoms with Crippen molar-refractivity contribution in [2.75, 3.05) is 5.32 Å². The number of nitrogens with zero attached hydrogens (tertiary/aromatic N) is 2. The van der Waals surface area contributed by atoms with Crippen molar-refractivity contribution in [2.24, 2.45) is 0 Å². The van der Waals surface area contributed by atoms with Gasteiger partial charge in [-0.05, 0) is 24.1 Å². The molecule has 6 heteroatoms. The lowest BCUT2D eigenvalue weighted by Gasteiger charge is -2.19. The summed E-state index contributed by atoms with van der Waals surface area (Å²) in [5, 5.41) is 3.38. The number of halogens is 3. The van der Waals surface area contributed by atoms with Crippen molar-refractivity contribution in [3.63, 3.8) is 0 Å². The zero-order chi connectivity index (χ0) is 19.3. The molecule has 0 aliphatic heterocycles. The zero-order valence-corrected chi connectivity index (χ0v) is 14.9. The van der Waals surface area contributed by atoms with Gasteiger partial charge in [0.1, 0.15) is 5.82 Å². The summed E-state index contributed by atoms with van der Waals surface area (Å²) < 4.78 is 38.0. The van der Waals surface area contributed by atoms with Crippen molar-refractivity contribution in [2.45, 2.75) is 32.0 Å². The van der Waals surface area contributed by atoms with Crippen LogP contribution < -0.4 is 5.32 Å². The Bertz CT molecular complexity index is 845. The number of alkyl halides is 3. The first-order valence-electron chi connectivity index (χ1n) is 8.78. The van der Waals surface area contributed by atoms with Crippen LogP contribution in [0.1, 0.15) is 36.9 Å². The van der Waals surface area contributed by atoms with Crippen LogP contribution in [0.2, 0.25) is 0 Å². The second kappa shape index (κ2) is 8.20. The van der Waals surface area contributed by atoms with Crippen molar-refractivity contribution in [1.82, 2.24) is 9.97 Å². The van der Waals surface area contributed by atoms with E-state index < -0.39 is 11.7 Å². The van der Waals surface area contributed by atoms with Crippen LogP contribution in [-0.2, 0) is 6.18 Å². The number of hydrogen-bond acceptors (Lipinski definition) is 3. The average Bonchev–Trinajstić information content (AvgIpc) is 2.68. The maximum absolute atomic E-state index is 12.7. The lowest BCUT2D eigenvalue weighted by Crippen LogP contribution is -2.11. The molecule has 0 saturated carbocycles. The monoisotopic (exact) mass is 371 g/mol. The first-order valence-corrected chi connectivity index (χ1v) is 8.78. The van der Waals surface area contributed by atoms with Gasteiger partial charge in [0.2, 0.25) is 0 Å². The van der Waals surface area contributed by atoms with Crippen molar-refractivity contribution in [3.05, 3.63) is 78.1 Å². The Labute approximate surface area is 156 Å². The third kappa shape index (κ3) is 4.84.